The van der Waals surface area contributed by atoms with Gasteiger partial charge in [0.1, 0.15) is 5.82 Å². The van der Waals surface area contributed by atoms with E-state index < -0.39 is 17.4 Å². The fraction of sp³-hybridized carbons (Fsp3) is 0.250. The number of nitrogens with one attached hydrogen (secondary N) is 2. The summed E-state index contributed by atoms with van der Waals surface area (Å²) in [6.07, 6.45) is 3.33. The molecule has 0 bridgehead atoms. The van der Waals surface area contributed by atoms with Crippen LogP contribution >= 0.6 is 0 Å². The third-order valence-electron chi connectivity index (χ3n) is 2.62. The van der Waals surface area contributed by atoms with Crippen LogP contribution in [-0.2, 0) is 6.54 Å². The first-order valence-corrected chi connectivity index (χ1v) is 5.47. The lowest BCUT2D eigenvalue weighted by molar-refractivity contribution is 0.394. The van der Waals surface area contributed by atoms with Crippen molar-refractivity contribution in [3.05, 3.63) is 47.5 Å². The normalized spacial score (nSPS) is 12.6. The summed E-state index contributed by atoms with van der Waals surface area (Å²) in [6, 6.07) is 2.13. The van der Waals surface area contributed by atoms with E-state index in [1.807, 2.05) is 6.92 Å². The third kappa shape index (κ3) is 2.65. The zero-order chi connectivity index (χ0) is 13.1. The molecule has 0 aliphatic carbocycles. The van der Waals surface area contributed by atoms with E-state index in [1.54, 1.807) is 12.4 Å². The molecule has 1 atom stereocenters. The van der Waals surface area contributed by atoms with Gasteiger partial charge in [0, 0.05) is 18.9 Å². The largest absolute Gasteiger partial charge is 0.503 e. The topological polar surface area (TPSA) is 60.9 Å². The first-order valence-electron chi connectivity index (χ1n) is 5.47. The smallest absolute Gasteiger partial charge is 0.187 e. The first-order chi connectivity index (χ1) is 8.58. The molecule has 0 amide bonds. The summed E-state index contributed by atoms with van der Waals surface area (Å²) in [6.45, 7) is 2.15. The maximum Gasteiger partial charge on any atom is 0.187 e. The van der Waals surface area contributed by atoms with Gasteiger partial charge in [-0.2, -0.15) is 0 Å². The standard InChI is InChI=1S/C12H13F2N3O/c1-7(12-15-2-3-16-12)17-6-8-4-9(13)11(18)10(14)5-8/h2-5,7,17-18H,6H2,1H3,(H,15,16). The minimum absolute atomic E-state index is 0.0695. The van der Waals surface area contributed by atoms with Gasteiger partial charge in [-0.05, 0) is 24.6 Å². The lowest BCUT2D eigenvalue weighted by Gasteiger charge is -2.11. The highest BCUT2D eigenvalue weighted by Crippen LogP contribution is 2.21. The van der Waals surface area contributed by atoms with Crippen molar-refractivity contribution in [2.45, 2.75) is 19.5 Å². The summed E-state index contributed by atoms with van der Waals surface area (Å²) < 4.78 is 26.2. The molecule has 0 saturated heterocycles. The molecular formula is C12H13F2N3O. The molecule has 0 spiro atoms. The summed E-state index contributed by atoms with van der Waals surface area (Å²) in [7, 11) is 0. The third-order valence-corrected chi connectivity index (χ3v) is 2.62. The van der Waals surface area contributed by atoms with Crippen molar-refractivity contribution in [3.63, 3.8) is 0 Å². The number of benzene rings is 1. The van der Waals surface area contributed by atoms with Gasteiger partial charge in [-0.15, -0.1) is 0 Å². The molecule has 3 N–H and O–H groups in total. The number of phenolic OH excluding ortho intramolecular Hbond substituents is 1. The Hall–Kier alpha value is -1.95. The highest BCUT2D eigenvalue weighted by atomic mass is 19.1. The van der Waals surface area contributed by atoms with Gasteiger partial charge < -0.3 is 15.4 Å². The van der Waals surface area contributed by atoms with E-state index in [0.29, 0.717) is 5.56 Å². The Morgan fingerprint density at radius 3 is 2.61 bits per heavy atom. The molecule has 0 saturated carbocycles. The summed E-state index contributed by atoms with van der Waals surface area (Å²) in [5, 5.41) is 12.0. The van der Waals surface area contributed by atoms with Crippen molar-refractivity contribution in [3.8, 4) is 5.75 Å². The molecule has 0 aliphatic rings. The number of phenols is 1. The first kappa shape index (κ1) is 12.5. The zero-order valence-electron chi connectivity index (χ0n) is 9.74. The number of aromatic amines is 1. The van der Waals surface area contributed by atoms with Crippen LogP contribution in [0.25, 0.3) is 0 Å². The lowest BCUT2D eigenvalue weighted by atomic mass is 10.2. The molecule has 1 heterocycles. The minimum atomic E-state index is -0.961. The molecule has 96 valence electrons. The van der Waals surface area contributed by atoms with Crippen LogP contribution < -0.4 is 5.32 Å². The van der Waals surface area contributed by atoms with Gasteiger partial charge in [0.25, 0.3) is 0 Å². The van der Waals surface area contributed by atoms with Crippen molar-refractivity contribution in [2.75, 3.05) is 0 Å². The molecule has 0 radical (unpaired) electrons. The van der Waals surface area contributed by atoms with Crippen LogP contribution in [0, 0.1) is 11.6 Å². The lowest BCUT2D eigenvalue weighted by Crippen LogP contribution is -2.19. The van der Waals surface area contributed by atoms with Crippen LogP contribution in [0.2, 0.25) is 0 Å². The van der Waals surface area contributed by atoms with Crippen LogP contribution in [0.3, 0.4) is 0 Å². The average molecular weight is 253 g/mol. The van der Waals surface area contributed by atoms with E-state index in [9.17, 15) is 8.78 Å². The molecule has 4 nitrogen and oxygen atoms in total. The summed E-state index contributed by atoms with van der Waals surface area (Å²) in [5.41, 5.74) is 0.418. The van der Waals surface area contributed by atoms with Crippen LogP contribution in [0.15, 0.2) is 24.5 Å². The van der Waals surface area contributed by atoms with Crippen molar-refractivity contribution in [1.82, 2.24) is 15.3 Å². The molecular weight excluding hydrogens is 240 g/mol. The van der Waals surface area contributed by atoms with Gasteiger partial charge in [0.15, 0.2) is 17.4 Å². The van der Waals surface area contributed by atoms with Gasteiger partial charge in [-0.1, -0.05) is 0 Å². The van der Waals surface area contributed by atoms with Gasteiger partial charge in [-0.25, -0.2) is 13.8 Å². The van der Waals surface area contributed by atoms with Crippen LogP contribution in [-0.4, -0.2) is 15.1 Å². The quantitative estimate of drug-likeness (QED) is 0.783. The number of rotatable bonds is 4. The summed E-state index contributed by atoms with van der Waals surface area (Å²) in [4.78, 5) is 7.01. The highest BCUT2D eigenvalue weighted by Gasteiger charge is 2.11. The number of nitrogens with zero attached hydrogens (tertiary/aromatic N) is 1. The average Bonchev–Trinajstić information content (AvgIpc) is 2.86. The summed E-state index contributed by atoms with van der Waals surface area (Å²) in [5.74, 6) is -2.12. The number of imidazole rings is 1. The monoisotopic (exact) mass is 253 g/mol. The number of aromatic hydroxyl groups is 1. The molecule has 1 aromatic heterocycles. The van der Waals surface area contributed by atoms with E-state index in [1.165, 1.54) is 0 Å². The molecule has 2 rings (SSSR count). The molecule has 0 fully saturated rings. The van der Waals surface area contributed by atoms with Crippen molar-refractivity contribution in [1.29, 1.82) is 0 Å². The fourth-order valence-corrected chi connectivity index (χ4v) is 1.60. The second-order valence-electron chi connectivity index (χ2n) is 3.99. The SMILES string of the molecule is CC(NCc1cc(F)c(O)c(F)c1)c1ncc[nH]1. The molecule has 1 aromatic carbocycles. The van der Waals surface area contributed by atoms with E-state index in [4.69, 9.17) is 5.11 Å². The van der Waals surface area contributed by atoms with E-state index in [-0.39, 0.29) is 12.6 Å². The van der Waals surface area contributed by atoms with Crippen LogP contribution in [0.1, 0.15) is 24.4 Å². The van der Waals surface area contributed by atoms with Crippen molar-refractivity contribution in [2.24, 2.45) is 0 Å². The maximum absolute atomic E-state index is 13.1. The molecule has 18 heavy (non-hydrogen) atoms. The van der Waals surface area contributed by atoms with Gasteiger partial charge >= 0.3 is 0 Å². The van der Waals surface area contributed by atoms with E-state index in [0.717, 1.165) is 18.0 Å². The number of H-pyrrole nitrogens is 1. The van der Waals surface area contributed by atoms with Gasteiger partial charge in [0.2, 0.25) is 0 Å². The van der Waals surface area contributed by atoms with Crippen molar-refractivity contribution >= 4 is 0 Å². The molecule has 2 aromatic rings. The number of hydrogen-bond acceptors (Lipinski definition) is 3. The fourth-order valence-electron chi connectivity index (χ4n) is 1.60. The van der Waals surface area contributed by atoms with Crippen LogP contribution in [0.5, 0.6) is 5.75 Å². The Morgan fingerprint density at radius 2 is 2.06 bits per heavy atom. The predicted octanol–water partition coefficient (Wildman–Crippen LogP) is 2.24. The van der Waals surface area contributed by atoms with E-state index in [2.05, 4.69) is 15.3 Å². The Balaban J connectivity index is 2.02. The van der Waals surface area contributed by atoms with Crippen LogP contribution in [0.4, 0.5) is 8.78 Å². The number of aromatic nitrogens is 2. The number of hydrogen-bond donors (Lipinski definition) is 3. The second-order valence-corrected chi connectivity index (χ2v) is 3.99. The zero-order valence-corrected chi connectivity index (χ0v) is 9.74. The Labute approximate surface area is 103 Å². The Kier molecular flexibility index (Phi) is 3.57. The molecule has 6 heteroatoms. The number of halogens is 2. The Bertz CT molecular complexity index is 505. The highest BCUT2D eigenvalue weighted by molar-refractivity contribution is 5.30. The molecule has 0 aliphatic heterocycles. The maximum atomic E-state index is 13.1. The van der Waals surface area contributed by atoms with Gasteiger partial charge in [-0.3, -0.25) is 0 Å². The van der Waals surface area contributed by atoms with E-state index >= 15 is 0 Å². The summed E-state index contributed by atoms with van der Waals surface area (Å²) >= 11 is 0. The second kappa shape index (κ2) is 5.14. The molecule has 1 unspecified atom stereocenters. The predicted molar refractivity (Wildman–Crippen MR) is 61.9 cm³/mol. The minimum Gasteiger partial charge on any atom is -0.503 e. The Morgan fingerprint density at radius 1 is 1.39 bits per heavy atom. The van der Waals surface area contributed by atoms with Crippen molar-refractivity contribution < 1.29 is 13.9 Å². The van der Waals surface area contributed by atoms with Gasteiger partial charge in [0.05, 0.1) is 6.04 Å².